The van der Waals surface area contributed by atoms with Crippen LogP contribution in [0.4, 0.5) is 5.69 Å². The monoisotopic (exact) mass is 348 g/mol. The number of ether oxygens (including phenoxy) is 1. The van der Waals surface area contributed by atoms with E-state index in [4.69, 9.17) is 10.5 Å². The van der Waals surface area contributed by atoms with Crippen molar-refractivity contribution < 1.29 is 9.53 Å². The molecule has 0 heterocycles. The van der Waals surface area contributed by atoms with Gasteiger partial charge in [0.05, 0.1) is 24.4 Å². The summed E-state index contributed by atoms with van der Waals surface area (Å²) >= 11 is 3.39. The lowest BCUT2D eigenvalue weighted by Crippen LogP contribution is -2.27. The van der Waals surface area contributed by atoms with Gasteiger partial charge >= 0.3 is 0 Å². The van der Waals surface area contributed by atoms with E-state index in [0.29, 0.717) is 17.0 Å². The van der Waals surface area contributed by atoms with Gasteiger partial charge in [0.1, 0.15) is 5.75 Å². The second kappa shape index (κ2) is 6.63. The number of benzene rings is 2. The molecule has 0 aromatic heterocycles. The van der Waals surface area contributed by atoms with Crippen LogP contribution in [0, 0.1) is 0 Å². The minimum absolute atomic E-state index is 0.115. The molecule has 0 unspecified atom stereocenters. The quantitative estimate of drug-likeness (QED) is 0.830. The number of methoxy groups -OCH3 is 1. The van der Waals surface area contributed by atoms with Gasteiger partial charge in [0.25, 0.3) is 5.91 Å². The van der Waals surface area contributed by atoms with Crippen molar-refractivity contribution in [2.75, 3.05) is 12.8 Å². The number of anilines is 1. The molecular formula is C16H17BrN2O2. The zero-order chi connectivity index (χ0) is 15.4. The number of rotatable bonds is 4. The molecule has 0 aliphatic heterocycles. The molecule has 0 saturated carbocycles. The molecule has 1 atom stereocenters. The topological polar surface area (TPSA) is 64.3 Å². The van der Waals surface area contributed by atoms with E-state index in [0.717, 1.165) is 10.0 Å². The molecule has 0 spiro atoms. The fourth-order valence-corrected chi connectivity index (χ4v) is 2.29. The Morgan fingerprint density at radius 2 is 1.90 bits per heavy atom. The Kier molecular flexibility index (Phi) is 4.85. The van der Waals surface area contributed by atoms with E-state index < -0.39 is 0 Å². The van der Waals surface area contributed by atoms with Crippen LogP contribution in [0.3, 0.4) is 0 Å². The predicted molar refractivity (Wildman–Crippen MR) is 87.4 cm³/mol. The van der Waals surface area contributed by atoms with Crippen LogP contribution in [0.25, 0.3) is 0 Å². The maximum absolute atomic E-state index is 12.3. The van der Waals surface area contributed by atoms with Gasteiger partial charge in [-0.2, -0.15) is 0 Å². The van der Waals surface area contributed by atoms with Crippen molar-refractivity contribution in [1.29, 1.82) is 0 Å². The SMILES string of the molecule is COc1cccc(C(=O)N[C@H](C)c2ccc(Br)cc2)c1N. The lowest BCUT2D eigenvalue weighted by atomic mass is 10.1. The highest BCUT2D eigenvalue weighted by atomic mass is 79.9. The maximum atomic E-state index is 12.3. The fraction of sp³-hybridized carbons (Fsp3) is 0.188. The first kappa shape index (κ1) is 15.4. The number of nitrogens with two attached hydrogens (primary N) is 1. The molecule has 0 radical (unpaired) electrons. The molecule has 0 fully saturated rings. The molecule has 3 N–H and O–H groups in total. The highest BCUT2D eigenvalue weighted by Gasteiger charge is 2.15. The Bertz CT molecular complexity index is 641. The molecule has 5 heteroatoms. The fourth-order valence-electron chi connectivity index (χ4n) is 2.03. The van der Waals surface area contributed by atoms with Gasteiger partial charge in [-0.05, 0) is 36.8 Å². The van der Waals surface area contributed by atoms with E-state index in [2.05, 4.69) is 21.2 Å². The van der Waals surface area contributed by atoms with E-state index >= 15 is 0 Å². The molecule has 0 aliphatic rings. The van der Waals surface area contributed by atoms with Crippen molar-refractivity contribution in [3.63, 3.8) is 0 Å². The van der Waals surface area contributed by atoms with Crippen LogP contribution in [0.1, 0.15) is 28.9 Å². The minimum atomic E-state index is -0.221. The third kappa shape index (κ3) is 3.55. The zero-order valence-corrected chi connectivity index (χ0v) is 13.5. The number of carbonyl (C=O) groups excluding carboxylic acids is 1. The zero-order valence-electron chi connectivity index (χ0n) is 11.9. The summed E-state index contributed by atoms with van der Waals surface area (Å²) in [6, 6.07) is 12.8. The molecule has 110 valence electrons. The second-order valence-corrected chi connectivity index (χ2v) is 5.58. The number of hydrogen-bond acceptors (Lipinski definition) is 3. The number of amides is 1. The molecule has 21 heavy (non-hydrogen) atoms. The van der Waals surface area contributed by atoms with E-state index in [1.54, 1.807) is 18.2 Å². The molecule has 2 aromatic rings. The van der Waals surface area contributed by atoms with Crippen LogP contribution >= 0.6 is 15.9 Å². The van der Waals surface area contributed by atoms with Crippen LogP contribution in [-0.2, 0) is 0 Å². The number of hydrogen-bond donors (Lipinski definition) is 2. The van der Waals surface area contributed by atoms with Crippen molar-refractivity contribution in [1.82, 2.24) is 5.32 Å². The first-order valence-electron chi connectivity index (χ1n) is 6.51. The minimum Gasteiger partial charge on any atom is -0.495 e. The third-order valence-corrected chi connectivity index (χ3v) is 3.78. The molecule has 2 rings (SSSR count). The molecular weight excluding hydrogens is 332 g/mol. The second-order valence-electron chi connectivity index (χ2n) is 4.67. The summed E-state index contributed by atoms with van der Waals surface area (Å²) in [5, 5.41) is 2.93. The first-order chi connectivity index (χ1) is 10.0. The standard InChI is InChI=1S/C16H17BrN2O2/c1-10(11-6-8-12(17)9-7-11)19-16(20)13-4-3-5-14(21-2)15(13)18/h3-10H,18H2,1-2H3,(H,19,20)/t10-/m1/s1. The molecule has 2 aromatic carbocycles. The van der Waals surface area contributed by atoms with Crippen molar-refractivity contribution in [2.45, 2.75) is 13.0 Å². The lowest BCUT2D eigenvalue weighted by molar-refractivity contribution is 0.0940. The highest BCUT2D eigenvalue weighted by Crippen LogP contribution is 2.25. The Hall–Kier alpha value is -2.01. The van der Waals surface area contributed by atoms with Crippen molar-refractivity contribution >= 4 is 27.5 Å². The number of para-hydroxylation sites is 1. The maximum Gasteiger partial charge on any atom is 0.253 e. The lowest BCUT2D eigenvalue weighted by Gasteiger charge is -2.16. The molecule has 0 aliphatic carbocycles. The molecule has 1 amide bonds. The summed E-state index contributed by atoms with van der Waals surface area (Å²) < 4.78 is 6.13. The van der Waals surface area contributed by atoms with Gasteiger partial charge in [0.15, 0.2) is 0 Å². The van der Waals surface area contributed by atoms with Crippen LogP contribution in [0.5, 0.6) is 5.75 Å². The van der Waals surface area contributed by atoms with Gasteiger partial charge in [-0.15, -0.1) is 0 Å². The molecule has 0 bridgehead atoms. The summed E-state index contributed by atoms with van der Waals surface area (Å²) in [7, 11) is 1.53. The normalized spacial score (nSPS) is 11.8. The van der Waals surface area contributed by atoms with Gasteiger partial charge in [-0.3, -0.25) is 4.79 Å². The number of nitrogen functional groups attached to an aromatic ring is 1. The van der Waals surface area contributed by atoms with Crippen LogP contribution < -0.4 is 15.8 Å². The first-order valence-corrected chi connectivity index (χ1v) is 7.31. The summed E-state index contributed by atoms with van der Waals surface area (Å²) in [6.07, 6.45) is 0. The average molecular weight is 349 g/mol. The summed E-state index contributed by atoms with van der Waals surface area (Å²) in [5.41, 5.74) is 7.72. The van der Waals surface area contributed by atoms with E-state index in [9.17, 15) is 4.79 Å². The van der Waals surface area contributed by atoms with Crippen LogP contribution in [0.15, 0.2) is 46.9 Å². The van der Waals surface area contributed by atoms with Crippen molar-refractivity contribution in [3.8, 4) is 5.75 Å². The predicted octanol–water partition coefficient (Wildman–Crippen LogP) is 3.53. The van der Waals surface area contributed by atoms with Gasteiger partial charge in [0, 0.05) is 4.47 Å². The summed E-state index contributed by atoms with van der Waals surface area (Å²) in [4.78, 5) is 12.3. The van der Waals surface area contributed by atoms with E-state index in [1.807, 2.05) is 31.2 Å². The third-order valence-electron chi connectivity index (χ3n) is 3.25. The van der Waals surface area contributed by atoms with Gasteiger partial charge in [-0.1, -0.05) is 34.1 Å². The van der Waals surface area contributed by atoms with Crippen LogP contribution in [0.2, 0.25) is 0 Å². The largest absolute Gasteiger partial charge is 0.495 e. The van der Waals surface area contributed by atoms with Gasteiger partial charge < -0.3 is 15.8 Å². The van der Waals surface area contributed by atoms with Crippen LogP contribution in [-0.4, -0.2) is 13.0 Å². The van der Waals surface area contributed by atoms with E-state index in [-0.39, 0.29) is 11.9 Å². The van der Waals surface area contributed by atoms with Gasteiger partial charge in [0.2, 0.25) is 0 Å². The van der Waals surface area contributed by atoms with Crippen molar-refractivity contribution in [3.05, 3.63) is 58.1 Å². The number of nitrogens with one attached hydrogen (secondary N) is 1. The smallest absolute Gasteiger partial charge is 0.253 e. The Labute approximate surface area is 132 Å². The van der Waals surface area contributed by atoms with Gasteiger partial charge in [-0.25, -0.2) is 0 Å². The Morgan fingerprint density at radius 3 is 2.52 bits per heavy atom. The highest BCUT2D eigenvalue weighted by molar-refractivity contribution is 9.10. The Morgan fingerprint density at radius 1 is 1.24 bits per heavy atom. The van der Waals surface area contributed by atoms with Crippen molar-refractivity contribution in [2.24, 2.45) is 0 Å². The number of halogens is 1. The number of carbonyl (C=O) groups is 1. The molecule has 4 nitrogen and oxygen atoms in total. The Balaban J connectivity index is 2.16. The molecule has 0 saturated heterocycles. The van der Waals surface area contributed by atoms with E-state index in [1.165, 1.54) is 7.11 Å². The average Bonchev–Trinajstić information content (AvgIpc) is 2.48. The summed E-state index contributed by atoms with van der Waals surface area (Å²) in [5.74, 6) is 0.278. The summed E-state index contributed by atoms with van der Waals surface area (Å²) in [6.45, 7) is 1.93.